The first-order chi connectivity index (χ1) is 8.13. The zero-order valence-electron chi connectivity index (χ0n) is 9.11. The summed E-state index contributed by atoms with van der Waals surface area (Å²) in [5.74, 6) is 0.666. The number of halogens is 2. The minimum Gasteiger partial charge on any atom is -0.496 e. The first kappa shape index (κ1) is 12.3. The fourth-order valence-corrected chi connectivity index (χ4v) is 2.05. The highest BCUT2D eigenvalue weighted by atomic mass is 35.5. The molecular weight excluding hydrogens is 261 g/mol. The van der Waals surface area contributed by atoms with Gasteiger partial charge in [0.05, 0.1) is 19.4 Å². The van der Waals surface area contributed by atoms with Crippen LogP contribution in [0.2, 0.25) is 10.2 Å². The average Bonchev–Trinajstić information content (AvgIpc) is 2.74. The average molecular weight is 272 g/mol. The molecule has 1 heterocycles. The molecule has 0 bridgehead atoms. The molecule has 0 amide bonds. The van der Waals surface area contributed by atoms with Crippen molar-refractivity contribution >= 4 is 23.2 Å². The Bertz CT molecular complexity index is 525. The summed E-state index contributed by atoms with van der Waals surface area (Å²) in [6.07, 6.45) is 1.49. The normalized spacial score (nSPS) is 12.5. The third kappa shape index (κ3) is 2.41. The van der Waals surface area contributed by atoms with Crippen LogP contribution in [0.1, 0.15) is 17.2 Å². The lowest BCUT2D eigenvalue weighted by atomic mass is 10.0. The van der Waals surface area contributed by atoms with Gasteiger partial charge in [-0.05, 0) is 35.9 Å². The van der Waals surface area contributed by atoms with Crippen molar-refractivity contribution < 1.29 is 9.15 Å². The Balaban J connectivity index is 2.46. The second kappa shape index (κ2) is 5.00. The summed E-state index contributed by atoms with van der Waals surface area (Å²) in [5.41, 5.74) is 7.59. The van der Waals surface area contributed by atoms with Gasteiger partial charge in [-0.25, -0.2) is 0 Å². The number of ether oxygens (including phenoxy) is 1. The summed E-state index contributed by atoms with van der Waals surface area (Å²) >= 11 is 11.9. The number of hydrogen-bond acceptors (Lipinski definition) is 3. The smallest absolute Gasteiger partial charge is 0.198 e. The van der Waals surface area contributed by atoms with Crippen LogP contribution < -0.4 is 10.5 Å². The van der Waals surface area contributed by atoms with Crippen molar-refractivity contribution in [3.63, 3.8) is 0 Å². The number of methoxy groups -OCH3 is 1. The fourth-order valence-electron chi connectivity index (χ4n) is 1.64. The van der Waals surface area contributed by atoms with Crippen molar-refractivity contribution in [2.45, 2.75) is 6.04 Å². The fraction of sp³-hybridized carbons (Fsp3) is 0.167. The number of benzene rings is 1. The van der Waals surface area contributed by atoms with E-state index in [4.69, 9.17) is 38.1 Å². The lowest BCUT2D eigenvalue weighted by Gasteiger charge is -2.15. The van der Waals surface area contributed by atoms with Crippen molar-refractivity contribution in [3.8, 4) is 5.75 Å². The minimum absolute atomic E-state index is 0.277. The van der Waals surface area contributed by atoms with Crippen LogP contribution in [0.3, 0.4) is 0 Å². The van der Waals surface area contributed by atoms with Crippen LogP contribution in [0.25, 0.3) is 0 Å². The van der Waals surface area contributed by atoms with E-state index < -0.39 is 6.04 Å². The highest BCUT2D eigenvalue weighted by molar-refractivity contribution is 6.30. The number of hydrogen-bond donors (Lipinski definition) is 1. The monoisotopic (exact) mass is 271 g/mol. The van der Waals surface area contributed by atoms with Gasteiger partial charge < -0.3 is 14.9 Å². The quantitative estimate of drug-likeness (QED) is 0.927. The zero-order chi connectivity index (χ0) is 12.4. The Labute approximate surface area is 109 Å². The molecular formula is C12H11Cl2NO2. The van der Waals surface area contributed by atoms with Crippen molar-refractivity contribution in [1.29, 1.82) is 0 Å². The van der Waals surface area contributed by atoms with E-state index in [1.807, 2.05) is 0 Å². The maximum atomic E-state index is 6.12. The van der Waals surface area contributed by atoms with Gasteiger partial charge in [-0.1, -0.05) is 11.6 Å². The van der Waals surface area contributed by atoms with Gasteiger partial charge in [-0.2, -0.15) is 0 Å². The second-order valence-corrected chi connectivity index (χ2v) is 4.29. The number of furan rings is 1. The summed E-state index contributed by atoms with van der Waals surface area (Å²) in [6, 6.07) is 6.57. The molecule has 0 saturated carbocycles. The van der Waals surface area contributed by atoms with Crippen molar-refractivity contribution in [2.75, 3.05) is 7.11 Å². The van der Waals surface area contributed by atoms with Gasteiger partial charge in [-0.3, -0.25) is 0 Å². The zero-order valence-corrected chi connectivity index (χ0v) is 10.6. The largest absolute Gasteiger partial charge is 0.496 e. The maximum Gasteiger partial charge on any atom is 0.198 e. The molecule has 2 rings (SSSR count). The maximum absolute atomic E-state index is 6.12. The molecule has 0 fully saturated rings. The van der Waals surface area contributed by atoms with Crippen LogP contribution in [-0.2, 0) is 0 Å². The number of nitrogens with two attached hydrogens (primary N) is 1. The van der Waals surface area contributed by atoms with E-state index in [1.165, 1.54) is 6.26 Å². The first-order valence-corrected chi connectivity index (χ1v) is 5.71. The summed E-state index contributed by atoms with van der Waals surface area (Å²) in [4.78, 5) is 0. The van der Waals surface area contributed by atoms with Crippen molar-refractivity contribution in [1.82, 2.24) is 0 Å². The molecule has 3 nitrogen and oxygen atoms in total. The van der Waals surface area contributed by atoms with Gasteiger partial charge in [0.25, 0.3) is 0 Å². The number of rotatable bonds is 3. The van der Waals surface area contributed by atoms with E-state index in [2.05, 4.69) is 0 Å². The molecule has 2 N–H and O–H groups in total. The minimum atomic E-state index is -0.435. The van der Waals surface area contributed by atoms with Gasteiger partial charge in [-0.15, -0.1) is 0 Å². The summed E-state index contributed by atoms with van der Waals surface area (Å²) in [6.45, 7) is 0. The van der Waals surface area contributed by atoms with Crippen LogP contribution in [0.5, 0.6) is 5.75 Å². The predicted octanol–water partition coefficient (Wildman–Crippen LogP) is 3.64. The van der Waals surface area contributed by atoms with Crippen molar-refractivity contribution in [3.05, 3.63) is 51.9 Å². The van der Waals surface area contributed by atoms with Crippen LogP contribution in [-0.4, -0.2) is 7.11 Å². The Kier molecular flexibility index (Phi) is 3.62. The lowest BCUT2D eigenvalue weighted by Crippen LogP contribution is -2.12. The molecule has 0 saturated heterocycles. The van der Waals surface area contributed by atoms with Gasteiger partial charge in [0.15, 0.2) is 5.22 Å². The Hall–Kier alpha value is -1.16. The molecule has 90 valence electrons. The molecule has 2 aromatic rings. The molecule has 0 aliphatic heterocycles. The van der Waals surface area contributed by atoms with E-state index >= 15 is 0 Å². The summed E-state index contributed by atoms with van der Waals surface area (Å²) in [7, 11) is 1.58. The first-order valence-electron chi connectivity index (χ1n) is 4.95. The van der Waals surface area contributed by atoms with Crippen LogP contribution in [0.15, 0.2) is 34.9 Å². The highest BCUT2D eigenvalue weighted by Crippen LogP contribution is 2.33. The Morgan fingerprint density at radius 3 is 2.59 bits per heavy atom. The third-order valence-electron chi connectivity index (χ3n) is 2.51. The summed E-state index contributed by atoms with van der Waals surface area (Å²) < 4.78 is 10.3. The van der Waals surface area contributed by atoms with Crippen molar-refractivity contribution in [2.24, 2.45) is 5.73 Å². The molecule has 1 aromatic heterocycles. The van der Waals surface area contributed by atoms with E-state index in [9.17, 15) is 0 Å². The van der Waals surface area contributed by atoms with Gasteiger partial charge in [0, 0.05) is 16.1 Å². The van der Waals surface area contributed by atoms with E-state index in [1.54, 1.807) is 31.4 Å². The summed E-state index contributed by atoms with van der Waals surface area (Å²) in [5, 5.41) is 0.871. The molecule has 1 aromatic carbocycles. The second-order valence-electron chi connectivity index (χ2n) is 3.51. The van der Waals surface area contributed by atoms with Gasteiger partial charge in [0.1, 0.15) is 5.75 Å². The van der Waals surface area contributed by atoms with E-state index in [0.29, 0.717) is 16.3 Å². The lowest BCUT2D eigenvalue weighted by molar-refractivity contribution is 0.408. The van der Waals surface area contributed by atoms with Crippen LogP contribution in [0, 0.1) is 0 Å². The molecule has 0 radical (unpaired) electrons. The third-order valence-corrected chi connectivity index (χ3v) is 3.05. The van der Waals surface area contributed by atoms with Gasteiger partial charge in [0.2, 0.25) is 0 Å². The van der Waals surface area contributed by atoms with E-state index in [-0.39, 0.29) is 5.22 Å². The Morgan fingerprint density at radius 1 is 1.24 bits per heavy atom. The van der Waals surface area contributed by atoms with Crippen LogP contribution in [0.4, 0.5) is 0 Å². The highest BCUT2D eigenvalue weighted by Gasteiger charge is 2.18. The topological polar surface area (TPSA) is 48.4 Å². The van der Waals surface area contributed by atoms with Gasteiger partial charge >= 0.3 is 0 Å². The SMILES string of the molecule is COc1ccc(Cl)cc1C(N)c1ccoc1Cl. The Morgan fingerprint density at radius 2 is 2.00 bits per heavy atom. The molecule has 1 atom stereocenters. The molecule has 1 unspecified atom stereocenters. The molecule has 0 aliphatic carbocycles. The molecule has 0 spiro atoms. The standard InChI is InChI=1S/C12H11Cl2NO2/c1-16-10-3-2-7(13)6-9(10)11(15)8-4-5-17-12(8)14/h2-6,11H,15H2,1H3. The molecule has 17 heavy (non-hydrogen) atoms. The molecule has 0 aliphatic rings. The van der Waals surface area contributed by atoms with Crippen LogP contribution >= 0.6 is 23.2 Å². The molecule has 5 heteroatoms. The predicted molar refractivity (Wildman–Crippen MR) is 67.8 cm³/mol. The van der Waals surface area contributed by atoms with E-state index in [0.717, 1.165) is 5.56 Å².